The summed E-state index contributed by atoms with van der Waals surface area (Å²) in [6.07, 6.45) is 0. The number of nitrogens with zero attached hydrogens (tertiary/aromatic N) is 3. The normalized spacial score (nSPS) is 10.6. The first-order valence-corrected chi connectivity index (χ1v) is 9.81. The summed E-state index contributed by atoms with van der Waals surface area (Å²) in [7, 11) is 0. The molecule has 0 aliphatic carbocycles. The zero-order chi connectivity index (χ0) is 19.2. The van der Waals surface area contributed by atoms with Crippen LogP contribution in [0.4, 0.5) is 5.69 Å². The minimum atomic E-state index is -0.433. The zero-order valence-corrected chi connectivity index (χ0v) is 16.1. The van der Waals surface area contributed by atoms with E-state index in [4.69, 9.17) is 5.84 Å². The number of carbonyl (C=O) groups excluding carboxylic acids is 1. The number of anilines is 1. The van der Waals surface area contributed by atoms with Gasteiger partial charge in [0.1, 0.15) is 5.69 Å². The molecule has 0 saturated heterocycles. The quantitative estimate of drug-likeness (QED) is 0.485. The molecule has 7 nitrogen and oxygen atoms in total. The van der Waals surface area contributed by atoms with Crippen LogP contribution in [0.15, 0.2) is 74.3 Å². The Labute approximate surface area is 164 Å². The van der Waals surface area contributed by atoms with Crippen molar-refractivity contribution in [2.24, 2.45) is 0 Å². The molecule has 138 valence electrons. The minimum Gasteiger partial charge on any atom is -0.334 e. The van der Waals surface area contributed by atoms with E-state index in [1.165, 1.54) is 6.92 Å². The van der Waals surface area contributed by atoms with Gasteiger partial charge in [0.05, 0.1) is 11.4 Å². The summed E-state index contributed by atoms with van der Waals surface area (Å²) >= 11 is 2.62. The second kappa shape index (κ2) is 8.74. The first-order chi connectivity index (χ1) is 13.0. The number of aromatic nitrogens is 3. The second-order valence-electron chi connectivity index (χ2n) is 5.49. The Morgan fingerprint density at radius 2 is 1.81 bits per heavy atom. The third-order valence-corrected chi connectivity index (χ3v) is 5.51. The number of thioether (sulfide) groups is 1. The number of para-hydroxylation sites is 1. The van der Waals surface area contributed by atoms with Gasteiger partial charge in [-0.15, -0.1) is 10.2 Å². The van der Waals surface area contributed by atoms with Crippen molar-refractivity contribution in [1.29, 1.82) is 0 Å². The highest BCUT2D eigenvalue weighted by Gasteiger charge is 2.12. The van der Waals surface area contributed by atoms with E-state index in [1.807, 2.05) is 54.6 Å². The molecule has 0 saturated carbocycles. The van der Waals surface area contributed by atoms with Gasteiger partial charge in [-0.25, -0.2) is 0 Å². The maximum Gasteiger partial charge on any atom is 0.294 e. The van der Waals surface area contributed by atoms with Crippen LogP contribution < -0.4 is 16.7 Å². The van der Waals surface area contributed by atoms with Crippen LogP contribution in [0.2, 0.25) is 0 Å². The Hall–Kier alpha value is -2.78. The number of nitrogens with two attached hydrogens (primary N) is 1. The molecule has 0 fully saturated rings. The molecule has 0 aliphatic rings. The number of benzene rings is 2. The molecular weight excluding hydrogens is 382 g/mol. The van der Waals surface area contributed by atoms with E-state index in [1.54, 1.807) is 11.8 Å². The van der Waals surface area contributed by atoms with E-state index in [0.717, 1.165) is 31.9 Å². The van der Waals surface area contributed by atoms with E-state index in [-0.39, 0.29) is 22.5 Å². The highest BCUT2D eigenvalue weighted by molar-refractivity contribution is 8.00. The Kier molecular flexibility index (Phi) is 6.15. The van der Waals surface area contributed by atoms with Crippen LogP contribution in [-0.4, -0.2) is 26.5 Å². The summed E-state index contributed by atoms with van der Waals surface area (Å²) < 4.78 is 0.902. The molecular formula is C18H17N5O2S2. The third-order valence-electron chi connectivity index (χ3n) is 3.48. The minimum absolute atomic E-state index is 0.0543. The molecule has 1 heterocycles. The van der Waals surface area contributed by atoms with Crippen LogP contribution in [0.25, 0.3) is 0 Å². The lowest BCUT2D eigenvalue weighted by molar-refractivity contribution is -0.113. The average Bonchev–Trinajstić information content (AvgIpc) is 2.68. The van der Waals surface area contributed by atoms with Gasteiger partial charge in [0.2, 0.25) is 11.1 Å². The van der Waals surface area contributed by atoms with Crippen molar-refractivity contribution >= 4 is 35.1 Å². The molecule has 0 bridgehead atoms. The van der Waals surface area contributed by atoms with Gasteiger partial charge in [0.15, 0.2) is 0 Å². The summed E-state index contributed by atoms with van der Waals surface area (Å²) in [5, 5.41) is 10.7. The molecule has 0 spiro atoms. The molecule has 0 unspecified atom stereocenters. The largest absolute Gasteiger partial charge is 0.334 e. The number of nitrogen functional groups attached to an aromatic ring is 1. The van der Waals surface area contributed by atoms with Crippen molar-refractivity contribution in [2.75, 3.05) is 16.9 Å². The summed E-state index contributed by atoms with van der Waals surface area (Å²) in [5.74, 6) is 5.51. The van der Waals surface area contributed by atoms with Crippen LogP contribution in [0, 0.1) is 6.92 Å². The third kappa shape index (κ3) is 4.89. The molecule has 27 heavy (non-hydrogen) atoms. The van der Waals surface area contributed by atoms with Gasteiger partial charge in [-0.2, -0.15) is 4.68 Å². The van der Waals surface area contributed by atoms with Crippen molar-refractivity contribution < 1.29 is 4.79 Å². The van der Waals surface area contributed by atoms with E-state index in [0.29, 0.717) is 0 Å². The lowest BCUT2D eigenvalue weighted by Crippen LogP contribution is -2.32. The van der Waals surface area contributed by atoms with Crippen molar-refractivity contribution in [3.8, 4) is 0 Å². The number of aryl methyl sites for hydroxylation is 1. The Morgan fingerprint density at radius 3 is 2.59 bits per heavy atom. The molecule has 3 aromatic rings. The summed E-state index contributed by atoms with van der Waals surface area (Å²) in [6.45, 7) is 1.53. The fourth-order valence-electron chi connectivity index (χ4n) is 2.16. The van der Waals surface area contributed by atoms with Crippen molar-refractivity contribution in [3.05, 3.63) is 70.6 Å². The predicted octanol–water partition coefficient (Wildman–Crippen LogP) is 2.54. The Morgan fingerprint density at radius 1 is 1.11 bits per heavy atom. The van der Waals surface area contributed by atoms with Crippen LogP contribution in [0.5, 0.6) is 0 Å². The lowest BCUT2D eigenvalue weighted by atomic mass is 10.3. The summed E-state index contributed by atoms with van der Waals surface area (Å²) in [6, 6.07) is 17.5. The van der Waals surface area contributed by atoms with Gasteiger partial charge < -0.3 is 11.2 Å². The van der Waals surface area contributed by atoms with Gasteiger partial charge in [0, 0.05) is 9.79 Å². The molecule has 0 aliphatic heterocycles. The van der Waals surface area contributed by atoms with Crippen molar-refractivity contribution in [1.82, 2.24) is 14.9 Å². The van der Waals surface area contributed by atoms with Gasteiger partial charge in [-0.05, 0) is 31.2 Å². The van der Waals surface area contributed by atoms with Gasteiger partial charge in [0.25, 0.3) is 5.56 Å². The molecule has 3 rings (SSSR count). The number of hydrogen-bond acceptors (Lipinski definition) is 7. The van der Waals surface area contributed by atoms with Gasteiger partial charge in [-0.1, -0.05) is 53.9 Å². The Bertz CT molecular complexity index is 1010. The molecule has 9 heteroatoms. The van der Waals surface area contributed by atoms with E-state index in [2.05, 4.69) is 15.5 Å². The topological polar surface area (TPSA) is 103 Å². The number of nitrogens with one attached hydrogen (secondary N) is 1. The van der Waals surface area contributed by atoms with Crippen LogP contribution >= 0.6 is 23.5 Å². The summed E-state index contributed by atoms with van der Waals surface area (Å²) in [4.78, 5) is 26.1. The molecule has 1 aromatic heterocycles. The fourth-order valence-corrected chi connectivity index (χ4v) is 3.73. The lowest BCUT2D eigenvalue weighted by Gasteiger charge is -2.11. The second-order valence-corrected chi connectivity index (χ2v) is 7.55. The van der Waals surface area contributed by atoms with Crippen LogP contribution in [0.3, 0.4) is 0 Å². The number of rotatable bonds is 6. The van der Waals surface area contributed by atoms with E-state index < -0.39 is 5.56 Å². The van der Waals surface area contributed by atoms with Crippen LogP contribution in [-0.2, 0) is 4.79 Å². The number of hydrogen-bond donors (Lipinski definition) is 2. The fraction of sp³-hybridized carbons (Fsp3) is 0.111. The zero-order valence-electron chi connectivity index (χ0n) is 14.5. The molecule has 3 N–H and O–H groups in total. The summed E-state index contributed by atoms with van der Waals surface area (Å²) in [5.41, 5.74) is 0.493. The average molecular weight is 400 g/mol. The molecule has 0 radical (unpaired) electrons. The maximum atomic E-state index is 12.3. The highest BCUT2D eigenvalue weighted by Crippen LogP contribution is 2.33. The number of amides is 1. The predicted molar refractivity (Wildman–Crippen MR) is 108 cm³/mol. The smallest absolute Gasteiger partial charge is 0.294 e. The molecule has 1 amide bonds. The monoisotopic (exact) mass is 399 g/mol. The van der Waals surface area contributed by atoms with Gasteiger partial charge >= 0.3 is 0 Å². The number of carbonyl (C=O) groups is 1. The molecule has 2 aromatic carbocycles. The molecule has 0 atom stereocenters. The van der Waals surface area contributed by atoms with E-state index >= 15 is 0 Å². The Balaban J connectivity index is 1.66. The highest BCUT2D eigenvalue weighted by atomic mass is 32.2. The first-order valence-electron chi connectivity index (χ1n) is 8.00. The van der Waals surface area contributed by atoms with Crippen molar-refractivity contribution in [2.45, 2.75) is 21.9 Å². The SMILES string of the molecule is Cc1nnc(SCC(=O)Nc2ccccc2Sc2ccccc2)n(N)c1=O. The van der Waals surface area contributed by atoms with Gasteiger partial charge in [-0.3, -0.25) is 9.59 Å². The van der Waals surface area contributed by atoms with Crippen LogP contribution in [0.1, 0.15) is 5.69 Å². The maximum absolute atomic E-state index is 12.3. The standard InChI is InChI=1S/C18H17N5O2S2/c1-12-17(25)23(19)18(22-21-12)26-11-16(24)20-14-9-5-6-10-15(14)27-13-7-3-2-4-8-13/h2-10H,11,19H2,1H3,(H,20,24). The van der Waals surface area contributed by atoms with E-state index in [9.17, 15) is 9.59 Å². The van der Waals surface area contributed by atoms with Crippen molar-refractivity contribution in [3.63, 3.8) is 0 Å². The first kappa shape index (κ1) is 19.0.